The molecule has 5 atom stereocenters. The summed E-state index contributed by atoms with van der Waals surface area (Å²) in [5.41, 5.74) is -0.354. The van der Waals surface area contributed by atoms with E-state index in [1.165, 1.54) is 33.3 Å². The second-order valence-electron chi connectivity index (χ2n) is 9.46. The predicted octanol–water partition coefficient (Wildman–Crippen LogP) is 3.99. The van der Waals surface area contributed by atoms with Gasteiger partial charge in [-0.3, -0.25) is 24.5 Å². The zero-order chi connectivity index (χ0) is 27.2. The van der Waals surface area contributed by atoms with Crippen LogP contribution in [0, 0.1) is 17.8 Å². The Hall–Kier alpha value is -3.24. The van der Waals surface area contributed by atoms with Gasteiger partial charge in [-0.2, -0.15) is 0 Å². The molecule has 5 unspecified atom stereocenters. The highest BCUT2D eigenvalue weighted by Crippen LogP contribution is 2.54. The van der Waals surface area contributed by atoms with Crippen molar-refractivity contribution >= 4 is 45.2 Å². The van der Waals surface area contributed by atoms with E-state index in [2.05, 4.69) is 21.2 Å². The monoisotopic (exact) mass is 572 g/mol. The topological polar surface area (TPSA) is 122 Å². The number of nitrogens with zero attached hydrogens (tertiary/aromatic N) is 1. The summed E-state index contributed by atoms with van der Waals surface area (Å²) in [4.78, 5) is 53.5. The van der Waals surface area contributed by atoms with E-state index < -0.39 is 47.1 Å². The molecule has 2 aliphatic heterocycles. The first-order chi connectivity index (χ1) is 17.5. The number of halogens is 1. The van der Waals surface area contributed by atoms with Crippen molar-refractivity contribution in [2.24, 2.45) is 17.8 Å². The van der Waals surface area contributed by atoms with Crippen LogP contribution in [0.1, 0.15) is 49.2 Å². The van der Waals surface area contributed by atoms with Crippen molar-refractivity contribution in [1.82, 2.24) is 5.32 Å². The SMILES string of the molecule is CCC(C)C1(C(=O)O)NC(c2cc(Br)c(OC)c(OC)c2)C2C(=O)N(c3ccc(C(C)=O)cc3)C(=O)C21. The first kappa shape index (κ1) is 26.8. The maximum absolute atomic E-state index is 13.9. The van der Waals surface area contributed by atoms with Crippen LogP contribution in [0.15, 0.2) is 40.9 Å². The summed E-state index contributed by atoms with van der Waals surface area (Å²) in [5, 5.41) is 13.8. The normalized spacial score (nSPS) is 25.7. The quantitative estimate of drug-likeness (QED) is 0.359. The smallest absolute Gasteiger partial charge is 0.325 e. The lowest BCUT2D eigenvalue weighted by molar-refractivity contribution is -0.151. The number of nitrogens with one attached hydrogen (secondary N) is 1. The van der Waals surface area contributed by atoms with Crippen LogP contribution >= 0.6 is 15.9 Å². The molecule has 0 bridgehead atoms. The lowest BCUT2D eigenvalue weighted by Crippen LogP contribution is -2.59. The molecule has 2 saturated heterocycles. The van der Waals surface area contributed by atoms with Crippen molar-refractivity contribution in [2.75, 3.05) is 19.1 Å². The molecule has 0 spiro atoms. The molecule has 4 rings (SSSR count). The van der Waals surface area contributed by atoms with Gasteiger partial charge in [0.05, 0.1) is 36.2 Å². The molecule has 2 heterocycles. The maximum Gasteiger partial charge on any atom is 0.325 e. The standard InChI is InChI=1S/C27H29BrN2O7/c1-6-13(2)27(26(34)35)21-20(22(29-27)16-11-18(28)23(37-5)19(12-16)36-4)24(32)30(25(21)33)17-9-7-15(8-10-17)14(3)31/h7-13,20-22,29H,6H2,1-5H3,(H,34,35). The van der Waals surface area contributed by atoms with Crippen LogP contribution in [0.4, 0.5) is 5.69 Å². The molecule has 2 aromatic carbocycles. The Morgan fingerprint density at radius 1 is 1.14 bits per heavy atom. The number of rotatable bonds is 8. The number of methoxy groups -OCH3 is 2. The minimum absolute atomic E-state index is 0.146. The molecule has 9 nitrogen and oxygen atoms in total. The molecular weight excluding hydrogens is 544 g/mol. The number of ketones is 1. The molecule has 10 heteroatoms. The lowest BCUT2D eigenvalue weighted by atomic mass is 9.72. The summed E-state index contributed by atoms with van der Waals surface area (Å²) < 4.78 is 11.4. The highest BCUT2D eigenvalue weighted by Gasteiger charge is 2.70. The highest BCUT2D eigenvalue weighted by atomic mass is 79.9. The van der Waals surface area contributed by atoms with E-state index in [-0.39, 0.29) is 5.78 Å². The van der Waals surface area contributed by atoms with Crippen molar-refractivity contribution in [2.45, 2.75) is 38.8 Å². The van der Waals surface area contributed by atoms with Gasteiger partial charge in [-0.25, -0.2) is 4.90 Å². The molecule has 0 aromatic heterocycles. The van der Waals surface area contributed by atoms with Gasteiger partial charge in [0.15, 0.2) is 17.3 Å². The number of Topliss-reactive ketones (excluding diaryl/α,β-unsaturated/α-hetero) is 1. The Bertz CT molecular complexity index is 1280. The zero-order valence-electron chi connectivity index (χ0n) is 21.2. The van der Waals surface area contributed by atoms with Gasteiger partial charge in [0.1, 0.15) is 5.54 Å². The Labute approximate surface area is 223 Å². The van der Waals surface area contributed by atoms with Gasteiger partial charge in [0, 0.05) is 11.6 Å². The van der Waals surface area contributed by atoms with Gasteiger partial charge in [0.2, 0.25) is 11.8 Å². The number of carbonyl (C=O) groups is 4. The van der Waals surface area contributed by atoms with E-state index in [9.17, 15) is 24.3 Å². The van der Waals surface area contributed by atoms with Gasteiger partial charge in [-0.1, -0.05) is 20.3 Å². The van der Waals surface area contributed by atoms with Gasteiger partial charge < -0.3 is 14.6 Å². The summed E-state index contributed by atoms with van der Waals surface area (Å²) in [6.07, 6.45) is 0.472. The number of imide groups is 1. The van der Waals surface area contributed by atoms with Crippen LogP contribution in [0.3, 0.4) is 0 Å². The molecule has 0 radical (unpaired) electrons. The summed E-state index contributed by atoms with van der Waals surface area (Å²) in [6.45, 7) is 5.05. The van der Waals surface area contributed by atoms with Crippen LogP contribution < -0.4 is 19.7 Å². The number of hydrogen-bond acceptors (Lipinski definition) is 7. The largest absolute Gasteiger partial charge is 0.493 e. The van der Waals surface area contributed by atoms with E-state index in [1.807, 2.05) is 6.92 Å². The summed E-state index contributed by atoms with van der Waals surface area (Å²) in [6, 6.07) is 8.81. The number of aliphatic carboxylic acids is 1. The molecule has 2 fully saturated rings. The average Bonchev–Trinajstić information content (AvgIpc) is 3.37. The molecule has 196 valence electrons. The second-order valence-corrected chi connectivity index (χ2v) is 10.3. The number of hydrogen-bond donors (Lipinski definition) is 2. The fraction of sp³-hybridized carbons (Fsp3) is 0.407. The number of carboxylic acids is 1. The van der Waals surface area contributed by atoms with Crippen molar-refractivity contribution in [1.29, 1.82) is 0 Å². The van der Waals surface area contributed by atoms with E-state index in [0.29, 0.717) is 39.2 Å². The van der Waals surface area contributed by atoms with E-state index >= 15 is 0 Å². The number of amides is 2. The number of carboxylic acid groups (broad SMARTS) is 1. The molecule has 2 aliphatic rings. The number of carbonyl (C=O) groups excluding carboxylic acids is 3. The first-order valence-electron chi connectivity index (χ1n) is 11.9. The fourth-order valence-electron chi connectivity index (χ4n) is 5.63. The predicted molar refractivity (Wildman–Crippen MR) is 139 cm³/mol. The Kier molecular flexibility index (Phi) is 7.18. The molecule has 2 amide bonds. The van der Waals surface area contributed by atoms with Gasteiger partial charge in [-0.05, 0) is 70.7 Å². The number of anilines is 1. The molecular formula is C27H29BrN2O7. The Morgan fingerprint density at radius 2 is 1.78 bits per heavy atom. The van der Waals surface area contributed by atoms with Crippen LogP contribution in [0.5, 0.6) is 11.5 Å². The molecule has 0 aliphatic carbocycles. The van der Waals surface area contributed by atoms with E-state index in [1.54, 1.807) is 31.2 Å². The summed E-state index contributed by atoms with van der Waals surface area (Å²) in [7, 11) is 2.98. The van der Waals surface area contributed by atoms with Gasteiger partial charge in [-0.15, -0.1) is 0 Å². The van der Waals surface area contributed by atoms with Gasteiger partial charge in [0.25, 0.3) is 0 Å². The highest BCUT2D eigenvalue weighted by molar-refractivity contribution is 9.10. The van der Waals surface area contributed by atoms with E-state index in [0.717, 1.165) is 4.90 Å². The lowest BCUT2D eigenvalue weighted by Gasteiger charge is -2.36. The third-order valence-electron chi connectivity index (χ3n) is 7.69. The summed E-state index contributed by atoms with van der Waals surface area (Å²) in [5.74, 6) is -4.15. The third kappa shape index (κ3) is 4.02. The molecule has 0 saturated carbocycles. The minimum atomic E-state index is -1.68. The van der Waals surface area contributed by atoms with Crippen LogP contribution in [0.25, 0.3) is 0 Å². The number of fused-ring (bicyclic) bond motifs is 1. The number of benzene rings is 2. The van der Waals surface area contributed by atoms with Gasteiger partial charge >= 0.3 is 5.97 Å². The minimum Gasteiger partial charge on any atom is -0.493 e. The summed E-state index contributed by atoms with van der Waals surface area (Å²) >= 11 is 3.47. The zero-order valence-corrected chi connectivity index (χ0v) is 22.8. The van der Waals surface area contributed by atoms with Crippen LogP contribution in [-0.2, 0) is 14.4 Å². The fourth-order valence-corrected chi connectivity index (χ4v) is 6.25. The van der Waals surface area contributed by atoms with Crippen molar-refractivity contribution in [3.05, 3.63) is 52.0 Å². The molecule has 2 N–H and O–H groups in total. The molecule has 37 heavy (non-hydrogen) atoms. The van der Waals surface area contributed by atoms with Crippen molar-refractivity contribution < 1.29 is 33.8 Å². The Morgan fingerprint density at radius 3 is 2.30 bits per heavy atom. The van der Waals surface area contributed by atoms with Crippen molar-refractivity contribution in [3.8, 4) is 11.5 Å². The Balaban J connectivity index is 1.89. The van der Waals surface area contributed by atoms with Crippen LogP contribution in [-0.4, -0.2) is 48.4 Å². The second kappa shape index (κ2) is 9.90. The van der Waals surface area contributed by atoms with Crippen molar-refractivity contribution in [3.63, 3.8) is 0 Å². The molecule has 2 aromatic rings. The average molecular weight is 573 g/mol. The third-order valence-corrected chi connectivity index (χ3v) is 8.27. The van der Waals surface area contributed by atoms with Crippen LogP contribution in [0.2, 0.25) is 0 Å². The maximum atomic E-state index is 13.9. The number of ether oxygens (including phenoxy) is 2. The first-order valence-corrected chi connectivity index (χ1v) is 12.7. The van der Waals surface area contributed by atoms with E-state index in [4.69, 9.17) is 9.47 Å².